The minimum Gasteiger partial charge on any atom is -0.325 e. The summed E-state index contributed by atoms with van der Waals surface area (Å²) in [6, 6.07) is 0.580. The van der Waals surface area contributed by atoms with E-state index < -0.39 is 43.0 Å². The highest BCUT2D eigenvalue weighted by molar-refractivity contribution is 8.13. The van der Waals surface area contributed by atoms with Crippen LogP contribution >= 0.6 is 35.1 Å². The number of rotatable bonds is 5. The van der Waals surface area contributed by atoms with E-state index in [2.05, 4.69) is 9.71 Å². The molecule has 2 rings (SSSR count). The second-order valence-corrected chi connectivity index (χ2v) is 7.60. The number of nitro groups is 2. The molecule has 14 heteroatoms. The predicted octanol–water partition coefficient (Wildman–Crippen LogP) is 5.66. The molecule has 8 nitrogen and oxygen atoms in total. The Labute approximate surface area is 170 Å². The normalized spacial score (nSPS) is 19.1. The Kier molecular flexibility index (Phi) is 6.46. The molecule has 0 spiro atoms. The average Bonchev–Trinajstić information content (AvgIpc) is 2.85. The van der Waals surface area contributed by atoms with Crippen molar-refractivity contribution in [2.45, 2.75) is 30.3 Å². The van der Waals surface area contributed by atoms with Gasteiger partial charge in [0.2, 0.25) is 4.33 Å². The summed E-state index contributed by atoms with van der Waals surface area (Å²) in [6.07, 6.45) is -2.19. The van der Waals surface area contributed by atoms with Gasteiger partial charge in [-0.25, -0.2) is 4.99 Å². The number of nitrogens with zero attached hydrogens (tertiary/aromatic N) is 3. The first kappa shape index (κ1) is 22.2. The summed E-state index contributed by atoms with van der Waals surface area (Å²) in [7, 11) is 0. The maximum atomic E-state index is 13.4. The third kappa shape index (κ3) is 4.50. The number of allylic oxidation sites excluding steroid dienone is 2. The van der Waals surface area contributed by atoms with Crippen LogP contribution in [0.1, 0.15) is 25.3 Å². The van der Waals surface area contributed by atoms with Gasteiger partial charge in [0, 0.05) is 18.0 Å². The smallest absolute Gasteiger partial charge is 0.325 e. The first-order valence-electron chi connectivity index (χ1n) is 7.54. The number of halogens is 5. The number of nitro benzene ring substituents is 2. The van der Waals surface area contributed by atoms with Gasteiger partial charge in [0.05, 0.1) is 27.2 Å². The summed E-state index contributed by atoms with van der Waals surface area (Å²) in [5, 5.41) is 21.9. The van der Waals surface area contributed by atoms with Crippen molar-refractivity contribution < 1.29 is 23.0 Å². The van der Waals surface area contributed by atoms with E-state index in [-0.39, 0.29) is 16.8 Å². The van der Waals surface area contributed by atoms with Crippen molar-refractivity contribution >= 4 is 57.3 Å². The lowest BCUT2D eigenvalue weighted by Crippen LogP contribution is -2.21. The van der Waals surface area contributed by atoms with Crippen LogP contribution in [0.2, 0.25) is 0 Å². The fourth-order valence-electron chi connectivity index (χ4n) is 2.18. The molecule has 1 aliphatic rings. The van der Waals surface area contributed by atoms with Gasteiger partial charge in [0.25, 0.3) is 5.69 Å². The highest BCUT2D eigenvalue weighted by atomic mass is 35.5. The number of unbranched alkanes of at least 4 members (excludes halogenated alkanes) is 1. The highest BCUT2D eigenvalue weighted by Crippen LogP contribution is 2.48. The quantitative estimate of drug-likeness (QED) is 0.263. The molecule has 0 saturated carbocycles. The number of hydrogen-bond donors (Lipinski definition) is 1. The van der Waals surface area contributed by atoms with Gasteiger partial charge < -0.3 is 4.72 Å². The third-order valence-electron chi connectivity index (χ3n) is 3.50. The molecule has 28 heavy (non-hydrogen) atoms. The molecule has 1 aromatic carbocycles. The van der Waals surface area contributed by atoms with Crippen molar-refractivity contribution in [1.82, 2.24) is 4.72 Å². The van der Waals surface area contributed by atoms with Crippen LogP contribution in [0.5, 0.6) is 0 Å². The Bertz CT molecular complexity index is 890. The standard InChI is InChI=1S/C14H11Cl2F3N4O4S/c1-2-3-4-10-13(15,16)12(28-21-10)20-11-8(14(17,18)19)5-7(22(24)25)6-9(11)23(26)27/h4-6,21H,2-3H2,1H3. The average molecular weight is 459 g/mol. The number of benzene rings is 1. The van der Waals surface area contributed by atoms with E-state index in [1.165, 1.54) is 0 Å². The van der Waals surface area contributed by atoms with Crippen molar-refractivity contribution in [1.29, 1.82) is 0 Å². The number of alkyl halides is 5. The fourth-order valence-corrected chi connectivity index (χ4v) is 3.68. The van der Waals surface area contributed by atoms with Crippen molar-refractivity contribution in [3.63, 3.8) is 0 Å². The van der Waals surface area contributed by atoms with E-state index in [4.69, 9.17) is 23.2 Å². The molecule has 0 aromatic heterocycles. The van der Waals surface area contributed by atoms with Crippen molar-refractivity contribution in [2.75, 3.05) is 0 Å². The van der Waals surface area contributed by atoms with Gasteiger partial charge in [-0.15, -0.1) is 0 Å². The Hall–Kier alpha value is -2.05. The number of non-ortho nitro benzene ring substituents is 1. The minimum absolute atomic E-state index is 0.178. The SMILES string of the molecule is CCCC=C1NSC(=Nc2c([N+](=O)[O-])cc([N+](=O)[O-])cc2C(F)(F)F)C1(Cl)Cl. The van der Waals surface area contributed by atoms with Crippen LogP contribution in [0.3, 0.4) is 0 Å². The number of nitrogens with one attached hydrogen (secondary N) is 1. The van der Waals surface area contributed by atoms with Gasteiger partial charge in [0.1, 0.15) is 5.04 Å². The topological polar surface area (TPSA) is 111 Å². The lowest BCUT2D eigenvalue weighted by molar-refractivity contribution is -0.394. The minimum atomic E-state index is -5.14. The van der Waals surface area contributed by atoms with Crippen molar-refractivity contribution in [3.8, 4) is 0 Å². The van der Waals surface area contributed by atoms with E-state index in [1.54, 1.807) is 6.08 Å². The first-order chi connectivity index (χ1) is 12.9. The number of hydrogen-bond acceptors (Lipinski definition) is 7. The Morgan fingerprint density at radius 2 is 1.93 bits per heavy atom. The second kappa shape index (κ2) is 8.13. The maximum Gasteiger partial charge on any atom is 0.418 e. The van der Waals surface area contributed by atoms with Gasteiger partial charge >= 0.3 is 11.9 Å². The van der Waals surface area contributed by atoms with E-state index >= 15 is 0 Å². The Balaban J connectivity index is 2.72. The summed E-state index contributed by atoms with van der Waals surface area (Å²) in [4.78, 5) is 23.5. The molecule has 1 fully saturated rings. The fraction of sp³-hybridized carbons (Fsp3) is 0.357. The highest BCUT2D eigenvalue weighted by Gasteiger charge is 2.45. The first-order valence-corrected chi connectivity index (χ1v) is 9.11. The Morgan fingerprint density at radius 1 is 1.29 bits per heavy atom. The molecule has 0 atom stereocenters. The zero-order chi connectivity index (χ0) is 21.3. The molecule has 0 aliphatic carbocycles. The molecule has 0 radical (unpaired) electrons. The lowest BCUT2D eigenvalue weighted by Gasteiger charge is -2.14. The second-order valence-electron chi connectivity index (χ2n) is 5.47. The molecule has 0 bridgehead atoms. The van der Waals surface area contributed by atoms with E-state index in [0.29, 0.717) is 24.4 Å². The van der Waals surface area contributed by atoms with Crippen LogP contribution in [0.25, 0.3) is 0 Å². The molecule has 1 aromatic rings. The van der Waals surface area contributed by atoms with Gasteiger partial charge in [-0.1, -0.05) is 42.6 Å². The molecular weight excluding hydrogens is 448 g/mol. The van der Waals surface area contributed by atoms with Crippen LogP contribution in [0.4, 0.5) is 30.2 Å². The van der Waals surface area contributed by atoms with Crippen molar-refractivity contribution in [2.24, 2.45) is 4.99 Å². The third-order valence-corrected chi connectivity index (χ3v) is 5.40. The molecule has 0 amide bonds. The van der Waals surface area contributed by atoms with Gasteiger partial charge in [-0.05, 0) is 6.42 Å². The van der Waals surface area contributed by atoms with Crippen LogP contribution in [-0.2, 0) is 6.18 Å². The summed E-state index contributed by atoms with van der Waals surface area (Å²) in [6.45, 7) is 1.88. The molecule has 152 valence electrons. The van der Waals surface area contributed by atoms with E-state index in [0.717, 1.165) is 6.42 Å². The van der Waals surface area contributed by atoms with Crippen LogP contribution in [0, 0.1) is 20.2 Å². The largest absolute Gasteiger partial charge is 0.418 e. The predicted molar refractivity (Wildman–Crippen MR) is 100 cm³/mol. The van der Waals surface area contributed by atoms with Crippen LogP contribution in [-0.4, -0.2) is 19.2 Å². The molecule has 0 unspecified atom stereocenters. The monoisotopic (exact) mass is 458 g/mol. The van der Waals surface area contributed by atoms with E-state index in [9.17, 15) is 33.4 Å². The van der Waals surface area contributed by atoms with Gasteiger partial charge in [-0.3, -0.25) is 20.2 Å². The lowest BCUT2D eigenvalue weighted by atomic mass is 10.1. The maximum absolute atomic E-state index is 13.4. The van der Waals surface area contributed by atoms with Crippen LogP contribution in [0.15, 0.2) is 28.9 Å². The molecule has 1 saturated heterocycles. The van der Waals surface area contributed by atoms with Crippen LogP contribution < -0.4 is 4.72 Å². The zero-order valence-corrected chi connectivity index (χ0v) is 16.2. The summed E-state index contributed by atoms with van der Waals surface area (Å²) >= 11 is 13.1. The number of aliphatic imine (C=N–C) groups is 1. The zero-order valence-electron chi connectivity index (χ0n) is 13.9. The van der Waals surface area contributed by atoms with Gasteiger partial charge in [-0.2, -0.15) is 13.2 Å². The molecule has 1 N–H and O–H groups in total. The summed E-state index contributed by atoms with van der Waals surface area (Å²) in [5.41, 5.74) is -4.78. The summed E-state index contributed by atoms with van der Waals surface area (Å²) in [5.74, 6) is 0. The summed E-state index contributed by atoms with van der Waals surface area (Å²) < 4.78 is 41.2. The van der Waals surface area contributed by atoms with Gasteiger partial charge in [0.15, 0.2) is 5.69 Å². The van der Waals surface area contributed by atoms with Crippen molar-refractivity contribution in [3.05, 3.63) is 49.7 Å². The molecular formula is C14H11Cl2F3N4O4S. The van der Waals surface area contributed by atoms with E-state index in [1.807, 2.05) is 6.92 Å². The molecule has 1 aliphatic heterocycles. The Morgan fingerprint density at radius 3 is 2.43 bits per heavy atom. The molecule has 1 heterocycles.